The second kappa shape index (κ2) is 8.07. The largest absolute Gasteiger partial charge is 0.383 e. The smallest absolute Gasteiger partial charge is 0.0594 e. The summed E-state index contributed by atoms with van der Waals surface area (Å²) in [6, 6.07) is 0.757. The Morgan fingerprint density at radius 3 is 2.83 bits per heavy atom. The number of nitrogens with zero attached hydrogens (tertiary/aromatic N) is 2. The highest BCUT2D eigenvalue weighted by atomic mass is 16.5. The van der Waals surface area contributed by atoms with Crippen molar-refractivity contribution >= 4 is 0 Å². The number of methoxy groups -OCH3 is 1. The molecule has 1 N–H and O–H groups in total. The molecule has 0 radical (unpaired) electrons. The first-order valence-corrected chi connectivity index (χ1v) is 7.14. The number of morpholine rings is 1. The van der Waals surface area contributed by atoms with E-state index in [1.54, 1.807) is 7.11 Å². The zero-order chi connectivity index (χ0) is 12.6. The average molecular weight is 257 g/mol. The number of likely N-dealkylation sites (tertiary alicyclic amines) is 1. The van der Waals surface area contributed by atoms with E-state index in [0.29, 0.717) is 0 Å². The Morgan fingerprint density at radius 2 is 2.06 bits per heavy atom. The molecule has 2 heterocycles. The number of hydrogen-bond donors (Lipinski definition) is 1. The molecule has 1 unspecified atom stereocenters. The lowest BCUT2D eigenvalue weighted by Crippen LogP contribution is -2.45. The van der Waals surface area contributed by atoms with E-state index >= 15 is 0 Å². The van der Waals surface area contributed by atoms with E-state index in [0.717, 1.165) is 58.6 Å². The van der Waals surface area contributed by atoms with Crippen LogP contribution in [-0.4, -0.2) is 88.6 Å². The Labute approximate surface area is 110 Å². The highest BCUT2D eigenvalue weighted by molar-refractivity contribution is 4.84. The lowest BCUT2D eigenvalue weighted by atomic mass is 10.2. The van der Waals surface area contributed by atoms with E-state index in [1.165, 1.54) is 19.5 Å². The average Bonchev–Trinajstić information content (AvgIpc) is 2.88. The second-order valence-corrected chi connectivity index (χ2v) is 5.13. The van der Waals surface area contributed by atoms with E-state index in [2.05, 4.69) is 15.1 Å². The van der Waals surface area contributed by atoms with Crippen LogP contribution < -0.4 is 5.32 Å². The molecule has 1 atom stereocenters. The SMILES string of the molecule is COCCNCCN1CCC(N2CCOCC2)C1. The van der Waals surface area contributed by atoms with E-state index in [-0.39, 0.29) is 0 Å². The Kier molecular flexibility index (Phi) is 6.37. The maximum absolute atomic E-state index is 5.41. The molecule has 0 bridgehead atoms. The molecule has 2 aliphatic rings. The number of hydrogen-bond acceptors (Lipinski definition) is 5. The molecule has 0 aromatic carbocycles. The Bertz CT molecular complexity index is 222. The van der Waals surface area contributed by atoms with Crippen molar-refractivity contribution in [2.24, 2.45) is 0 Å². The van der Waals surface area contributed by atoms with Gasteiger partial charge in [0.15, 0.2) is 0 Å². The molecule has 0 saturated carbocycles. The van der Waals surface area contributed by atoms with Gasteiger partial charge in [0.2, 0.25) is 0 Å². The van der Waals surface area contributed by atoms with Crippen LogP contribution in [0.1, 0.15) is 6.42 Å². The maximum atomic E-state index is 5.41. The molecule has 18 heavy (non-hydrogen) atoms. The quantitative estimate of drug-likeness (QED) is 0.630. The first-order valence-electron chi connectivity index (χ1n) is 7.14. The van der Waals surface area contributed by atoms with Gasteiger partial charge in [-0.3, -0.25) is 4.90 Å². The molecular weight excluding hydrogens is 230 g/mol. The van der Waals surface area contributed by atoms with E-state index in [4.69, 9.17) is 9.47 Å². The lowest BCUT2D eigenvalue weighted by Gasteiger charge is -2.32. The van der Waals surface area contributed by atoms with Crippen LogP contribution in [0.2, 0.25) is 0 Å². The molecular formula is C13H27N3O2. The maximum Gasteiger partial charge on any atom is 0.0594 e. The van der Waals surface area contributed by atoms with Gasteiger partial charge in [-0.05, 0) is 13.0 Å². The summed E-state index contributed by atoms with van der Waals surface area (Å²) in [5.41, 5.74) is 0. The minimum atomic E-state index is 0.757. The summed E-state index contributed by atoms with van der Waals surface area (Å²) in [4.78, 5) is 5.17. The van der Waals surface area contributed by atoms with Crippen LogP contribution in [0, 0.1) is 0 Å². The molecule has 0 spiro atoms. The predicted molar refractivity (Wildman–Crippen MR) is 72.0 cm³/mol. The van der Waals surface area contributed by atoms with Gasteiger partial charge < -0.3 is 19.7 Å². The molecule has 2 aliphatic heterocycles. The van der Waals surface area contributed by atoms with Crippen molar-refractivity contribution in [3.63, 3.8) is 0 Å². The molecule has 106 valence electrons. The fourth-order valence-corrected chi connectivity index (χ4v) is 2.79. The second-order valence-electron chi connectivity index (χ2n) is 5.13. The minimum absolute atomic E-state index is 0.757. The summed E-state index contributed by atoms with van der Waals surface area (Å²) < 4.78 is 10.4. The van der Waals surface area contributed by atoms with Gasteiger partial charge in [-0.15, -0.1) is 0 Å². The van der Waals surface area contributed by atoms with Crippen LogP contribution in [0.5, 0.6) is 0 Å². The summed E-state index contributed by atoms with van der Waals surface area (Å²) in [5.74, 6) is 0. The van der Waals surface area contributed by atoms with E-state index in [1.807, 2.05) is 0 Å². The van der Waals surface area contributed by atoms with E-state index in [9.17, 15) is 0 Å². The van der Waals surface area contributed by atoms with Crippen LogP contribution in [-0.2, 0) is 9.47 Å². The highest BCUT2D eigenvalue weighted by Crippen LogP contribution is 2.16. The third kappa shape index (κ3) is 4.48. The topological polar surface area (TPSA) is 37.0 Å². The van der Waals surface area contributed by atoms with Crippen molar-refractivity contribution in [2.75, 3.05) is 72.7 Å². The van der Waals surface area contributed by atoms with Crippen molar-refractivity contribution < 1.29 is 9.47 Å². The predicted octanol–water partition coefficient (Wildman–Crippen LogP) is -0.371. The minimum Gasteiger partial charge on any atom is -0.383 e. The summed E-state index contributed by atoms with van der Waals surface area (Å²) in [7, 11) is 1.75. The van der Waals surface area contributed by atoms with Crippen LogP contribution in [0.4, 0.5) is 0 Å². The van der Waals surface area contributed by atoms with Crippen molar-refractivity contribution in [2.45, 2.75) is 12.5 Å². The Morgan fingerprint density at radius 1 is 1.22 bits per heavy atom. The fraction of sp³-hybridized carbons (Fsp3) is 1.00. The third-order valence-corrected chi connectivity index (χ3v) is 3.90. The van der Waals surface area contributed by atoms with Gasteiger partial charge in [0.25, 0.3) is 0 Å². The van der Waals surface area contributed by atoms with Crippen molar-refractivity contribution in [3.8, 4) is 0 Å². The first-order chi connectivity index (χ1) is 8.90. The summed E-state index contributed by atoms with van der Waals surface area (Å²) in [5, 5.41) is 3.41. The molecule has 0 aliphatic carbocycles. The zero-order valence-corrected chi connectivity index (χ0v) is 11.6. The Balaban J connectivity index is 1.56. The van der Waals surface area contributed by atoms with Gasteiger partial charge in [-0.25, -0.2) is 0 Å². The summed E-state index contributed by atoms with van der Waals surface area (Å²) >= 11 is 0. The summed E-state index contributed by atoms with van der Waals surface area (Å²) in [6.07, 6.45) is 1.32. The van der Waals surface area contributed by atoms with E-state index < -0.39 is 0 Å². The highest BCUT2D eigenvalue weighted by Gasteiger charge is 2.28. The van der Waals surface area contributed by atoms with Crippen LogP contribution in [0.3, 0.4) is 0 Å². The number of rotatable bonds is 7. The van der Waals surface area contributed by atoms with Crippen LogP contribution in [0.25, 0.3) is 0 Å². The lowest BCUT2D eigenvalue weighted by molar-refractivity contribution is 0.0185. The van der Waals surface area contributed by atoms with Gasteiger partial charge in [0.05, 0.1) is 19.8 Å². The Hall–Kier alpha value is -0.200. The van der Waals surface area contributed by atoms with Crippen molar-refractivity contribution in [1.82, 2.24) is 15.1 Å². The molecule has 5 nitrogen and oxygen atoms in total. The van der Waals surface area contributed by atoms with Crippen LogP contribution in [0.15, 0.2) is 0 Å². The van der Waals surface area contributed by atoms with Gasteiger partial charge in [0.1, 0.15) is 0 Å². The van der Waals surface area contributed by atoms with Gasteiger partial charge in [-0.1, -0.05) is 0 Å². The summed E-state index contributed by atoms with van der Waals surface area (Å²) in [6.45, 7) is 10.5. The first kappa shape index (κ1) is 14.2. The number of ether oxygens (including phenoxy) is 2. The monoisotopic (exact) mass is 257 g/mol. The van der Waals surface area contributed by atoms with Gasteiger partial charge in [0, 0.05) is 52.4 Å². The molecule has 0 aromatic heterocycles. The third-order valence-electron chi connectivity index (χ3n) is 3.90. The molecule has 2 rings (SSSR count). The van der Waals surface area contributed by atoms with Crippen molar-refractivity contribution in [3.05, 3.63) is 0 Å². The molecule has 0 amide bonds. The number of nitrogens with one attached hydrogen (secondary N) is 1. The molecule has 5 heteroatoms. The standard InChI is InChI=1S/C13H27N3O2/c1-17-9-4-14-3-6-15-5-2-13(12-15)16-7-10-18-11-8-16/h13-14H,2-12H2,1H3. The molecule has 2 saturated heterocycles. The molecule has 0 aromatic rings. The van der Waals surface area contributed by atoms with Crippen LogP contribution >= 0.6 is 0 Å². The van der Waals surface area contributed by atoms with Gasteiger partial charge in [-0.2, -0.15) is 0 Å². The zero-order valence-electron chi connectivity index (χ0n) is 11.6. The fourth-order valence-electron chi connectivity index (χ4n) is 2.79. The molecule has 2 fully saturated rings. The van der Waals surface area contributed by atoms with Gasteiger partial charge >= 0.3 is 0 Å². The van der Waals surface area contributed by atoms with Crippen molar-refractivity contribution in [1.29, 1.82) is 0 Å². The normalized spacial score (nSPS) is 26.8.